The summed E-state index contributed by atoms with van der Waals surface area (Å²) < 4.78 is 0. The largest absolute Gasteiger partial charge is 0.477 e. The third-order valence-electron chi connectivity index (χ3n) is 1.75. The lowest BCUT2D eigenvalue weighted by Gasteiger charge is -2.05. The molecule has 0 aromatic heterocycles. The molecule has 13 heavy (non-hydrogen) atoms. The van der Waals surface area contributed by atoms with Crippen molar-refractivity contribution in [3.63, 3.8) is 0 Å². The van der Waals surface area contributed by atoms with Gasteiger partial charge in [0.2, 0.25) is 0 Å². The van der Waals surface area contributed by atoms with Crippen LogP contribution in [-0.4, -0.2) is 22.1 Å². The molecule has 0 aromatic carbocycles. The maximum absolute atomic E-state index is 10.5. The number of carbonyl (C=O) groups is 1. The summed E-state index contributed by atoms with van der Waals surface area (Å²) in [7, 11) is 0. The van der Waals surface area contributed by atoms with Gasteiger partial charge in [0.25, 0.3) is 0 Å². The van der Waals surface area contributed by atoms with Crippen LogP contribution in [0.4, 0.5) is 0 Å². The zero-order valence-electron chi connectivity index (χ0n) is 6.44. The van der Waals surface area contributed by atoms with E-state index < -0.39 is 5.97 Å². The van der Waals surface area contributed by atoms with Gasteiger partial charge in [-0.15, -0.1) is 0 Å². The van der Waals surface area contributed by atoms with Crippen LogP contribution < -0.4 is 0 Å². The number of hydrogen-bond donors (Lipinski definition) is 1. The number of amidine groups is 1. The van der Waals surface area contributed by atoms with Crippen molar-refractivity contribution in [2.45, 2.75) is 0 Å². The Morgan fingerprint density at radius 3 is 3.00 bits per heavy atom. The number of rotatable bonds is 1. The Morgan fingerprint density at radius 2 is 2.31 bits per heavy atom. The van der Waals surface area contributed by atoms with E-state index in [1.54, 1.807) is 18.2 Å². The second kappa shape index (κ2) is 2.81. The Hall–Kier alpha value is -1.42. The van der Waals surface area contributed by atoms with Crippen molar-refractivity contribution in [2.24, 2.45) is 15.9 Å². The molecule has 0 aliphatic carbocycles. The summed E-state index contributed by atoms with van der Waals surface area (Å²) >= 11 is 5.62. The normalized spacial score (nSPS) is 24.7. The number of nitrogens with zero attached hydrogens (tertiary/aromatic N) is 2. The molecule has 2 aliphatic rings. The first-order valence-electron chi connectivity index (χ1n) is 3.63. The monoisotopic (exact) mass is 196 g/mol. The molecule has 5 heteroatoms. The number of dihydropyridines is 1. The Kier molecular flexibility index (Phi) is 1.77. The molecule has 1 N–H and O–H groups in total. The van der Waals surface area contributed by atoms with Crippen LogP contribution >= 0.6 is 11.6 Å². The fraction of sp³-hybridized carbons (Fsp3) is 0.125. The van der Waals surface area contributed by atoms with Crippen LogP contribution in [0.3, 0.4) is 0 Å². The number of aliphatic carboxylic acids is 1. The van der Waals surface area contributed by atoms with Crippen LogP contribution in [0.1, 0.15) is 0 Å². The van der Waals surface area contributed by atoms with Crippen molar-refractivity contribution in [3.8, 4) is 0 Å². The van der Waals surface area contributed by atoms with E-state index in [1.807, 2.05) is 0 Å². The smallest absolute Gasteiger partial charge is 0.354 e. The van der Waals surface area contributed by atoms with Crippen LogP contribution in [0.15, 0.2) is 33.9 Å². The summed E-state index contributed by atoms with van der Waals surface area (Å²) in [4.78, 5) is 18.3. The fourth-order valence-corrected chi connectivity index (χ4v) is 1.33. The molecule has 66 valence electrons. The van der Waals surface area contributed by atoms with Gasteiger partial charge in [-0.25, -0.2) is 14.8 Å². The van der Waals surface area contributed by atoms with Crippen molar-refractivity contribution in [2.75, 3.05) is 0 Å². The summed E-state index contributed by atoms with van der Waals surface area (Å²) in [6.45, 7) is 0. The predicted octanol–water partition coefficient (Wildman–Crippen LogP) is 1.19. The van der Waals surface area contributed by atoms with Gasteiger partial charge in [0.1, 0.15) is 16.7 Å². The number of halogens is 1. The average molecular weight is 197 g/mol. The summed E-state index contributed by atoms with van der Waals surface area (Å²) in [6, 6.07) is 0. The van der Waals surface area contributed by atoms with Crippen LogP contribution in [0.25, 0.3) is 0 Å². The highest BCUT2D eigenvalue weighted by molar-refractivity contribution is 6.69. The van der Waals surface area contributed by atoms with Crippen molar-refractivity contribution in [3.05, 3.63) is 23.9 Å². The van der Waals surface area contributed by atoms with Gasteiger partial charge in [0, 0.05) is 0 Å². The molecule has 4 nitrogen and oxygen atoms in total. The summed E-state index contributed by atoms with van der Waals surface area (Å²) in [5.74, 6) is -0.722. The number of allylic oxidation sites excluding steroid dienone is 1. The first-order valence-corrected chi connectivity index (χ1v) is 4.01. The SMILES string of the molecule is O=C(O)C1=C[C@@H]2C=CC(Cl)=NC2=N1. The van der Waals surface area contributed by atoms with Crippen LogP contribution in [0.5, 0.6) is 0 Å². The van der Waals surface area contributed by atoms with Gasteiger partial charge < -0.3 is 5.11 Å². The highest BCUT2D eigenvalue weighted by Gasteiger charge is 2.24. The number of carboxylic acid groups (broad SMARTS) is 1. The second-order valence-corrected chi connectivity index (χ2v) is 3.03. The molecule has 2 aliphatic heterocycles. The highest BCUT2D eigenvalue weighted by atomic mass is 35.5. The molecule has 1 atom stereocenters. The molecular formula is C8H5ClN2O2. The Balaban J connectivity index is 2.36. The van der Waals surface area contributed by atoms with Gasteiger partial charge in [-0.05, 0) is 12.2 Å². The Morgan fingerprint density at radius 1 is 1.54 bits per heavy atom. The molecule has 0 bridgehead atoms. The number of fused-ring (bicyclic) bond motifs is 1. The quantitative estimate of drug-likeness (QED) is 0.685. The van der Waals surface area contributed by atoms with Crippen LogP contribution in [0, 0.1) is 5.92 Å². The van der Waals surface area contributed by atoms with Gasteiger partial charge in [0.05, 0.1) is 5.92 Å². The lowest BCUT2D eigenvalue weighted by Crippen LogP contribution is -2.09. The Labute approximate surface area is 79.0 Å². The average Bonchev–Trinajstić information content (AvgIpc) is 2.46. The third-order valence-corrected chi connectivity index (χ3v) is 1.96. The lowest BCUT2D eigenvalue weighted by molar-refractivity contribution is -0.132. The molecule has 0 amide bonds. The molecule has 2 heterocycles. The first kappa shape index (κ1) is 8.19. The standard InChI is InChI=1S/C8H5ClN2O2/c9-6-2-1-4-3-5(8(12)13)10-7(4)11-6/h1-4H,(H,12,13)/t4-/m0/s1. The van der Waals surface area contributed by atoms with E-state index in [2.05, 4.69) is 9.98 Å². The Bertz CT molecular complexity index is 393. The van der Waals surface area contributed by atoms with Crippen LogP contribution in [0.2, 0.25) is 0 Å². The molecule has 0 fully saturated rings. The lowest BCUT2D eigenvalue weighted by atomic mass is 10.1. The van der Waals surface area contributed by atoms with Gasteiger partial charge in [0.15, 0.2) is 0 Å². The maximum atomic E-state index is 10.5. The van der Waals surface area contributed by atoms with Gasteiger partial charge in [-0.3, -0.25) is 0 Å². The minimum Gasteiger partial charge on any atom is -0.477 e. The van der Waals surface area contributed by atoms with Gasteiger partial charge >= 0.3 is 5.97 Å². The summed E-state index contributed by atoms with van der Waals surface area (Å²) in [5, 5.41) is 8.97. The maximum Gasteiger partial charge on any atom is 0.354 e. The van der Waals surface area contributed by atoms with Gasteiger partial charge in [-0.2, -0.15) is 0 Å². The van der Waals surface area contributed by atoms with E-state index in [0.717, 1.165) is 0 Å². The van der Waals surface area contributed by atoms with Gasteiger partial charge in [-0.1, -0.05) is 17.7 Å². The van der Waals surface area contributed by atoms with E-state index in [0.29, 0.717) is 11.0 Å². The number of aliphatic imine (C=N–C) groups is 2. The predicted molar refractivity (Wildman–Crippen MR) is 49.1 cm³/mol. The van der Waals surface area contributed by atoms with Crippen molar-refractivity contribution >= 4 is 28.6 Å². The van der Waals surface area contributed by atoms with Crippen molar-refractivity contribution < 1.29 is 9.90 Å². The zero-order valence-corrected chi connectivity index (χ0v) is 7.19. The van der Waals surface area contributed by atoms with E-state index >= 15 is 0 Å². The van der Waals surface area contributed by atoms with Crippen LogP contribution in [-0.2, 0) is 4.79 Å². The van der Waals surface area contributed by atoms with E-state index in [9.17, 15) is 4.79 Å². The van der Waals surface area contributed by atoms with E-state index in [-0.39, 0.29) is 11.6 Å². The molecule has 0 spiro atoms. The zero-order chi connectivity index (χ0) is 9.42. The fourth-order valence-electron chi connectivity index (χ4n) is 1.17. The van der Waals surface area contributed by atoms with E-state index in [1.165, 1.54) is 0 Å². The summed E-state index contributed by atoms with van der Waals surface area (Å²) in [5.41, 5.74) is 0.0276. The van der Waals surface area contributed by atoms with Crippen molar-refractivity contribution in [1.82, 2.24) is 0 Å². The molecule has 0 unspecified atom stereocenters. The molecule has 0 saturated heterocycles. The number of hydrogen-bond acceptors (Lipinski definition) is 3. The number of carboxylic acids is 1. The van der Waals surface area contributed by atoms with E-state index in [4.69, 9.17) is 16.7 Å². The molecule has 0 aromatic rings. The topological polar surface area (TPSA) is 62.0 Å². The summed E-state index contributed by atoms with van der Waals surface area (Å²) in [6.07, 6.45) is 4.94. The minimum atomic E-state index is -1.04. The first-order chi connectivity index (χ1) is 6.16. The molecular weight excluding hydrogens is 192 g/mol. The van der Waals surface area contributed by atoms with Crippen molar-refractivity contribution in [1.29, 1.82) is 0 Å². The second-order valence-electron chi connectivity index (χ2n) is 2.65. The third kappa shape index (κ3) is 1.40. The highest BCUT2D eigenvalue weighted by Crippen LogP contribution is 2.22. The minimum absolute atomic E-state index is 0.0276. The molecule has 2 rings (SSSR count). The molecule has 0 radical (unpaired) electrons. The molecule has 0 saturated carbocycles.